The average molecular weight is 420 g/mol. The monoisotopic (exact) mass is 419 g/mol. The van der Waals surface area contributed by atoms with Crippen molar-refractivity contribution in [2.24, 2.45) is 0 Å². The van der Waals surface area contributed by atoms with E-state index in [9.17, 15) is 4.79 Å². The molecule has 4 rings (SSSR count). The maximum absolute atomic E-state index is 11.1. The van der Waals surface area contributed by atoms with E-state index >= 15 is 0 Å². The molecule has 0 aliphatic rings. The van der Waals surface area contributed by atoms with Crippen LogP contribution in [0, 0.1) is 0 Å². The van der Waals surface area contributed by atoms with Crippen molar-refractivity contribution in [3.63, 3.8) is 0 Å². The normalized spacial score (nSPS) is 10.8. The maximum Gasteiger partial charge on any atom is 0.335 e. The molecule has 0 fully saturated rings. The number of aromatic carboxylic acids is 1. The summed E-state index contributed by atoms with van der Waals surface area (Å²) < 4.78 is 5.24. The van der Waals surface area contributed by atoms with Gasteiger partial charge >= 0.3 is 5.97 Å². The molecule has 2 aromatic heterocycles. The second kappa shape index (κ2) is 8.92. The molecule has 0 atom stereocenters. The minimum absolute atomic E-state index is 0.285. The van der Waals surface area contributed by atoms with Gasteiger partial charge in [0.25, 0.3) is 0 Å². The quantitative estimate of drug-likeness (QED) is 0.448. The van der Waals surface area contributed by atoms with Gasteiger partial charge in [-0.25, -0.2) is 14.8 Å². The van der Waals surface area contributed by atoms with Gasteiger partial charge in [-0.2, -0.15) is 0 Å². The average Bonchev–Trinajstić information content (AvgIpc) is 3.21. The van der Waals surface area contributed by atoms with Crippen molar-refractivity contribution in [1.29, 1.82) is 0 Å². The largest absolute Gasteiger partial charge is 0.497 e. The first-order valence-corrected chi connectivity index (χ1v) is 10.4. The van der Waals surface area contributed by atoms with Crippen molar-refractivity contribution in [2.75, 3.05) is 18.6 Å². The first-order chi connectivity index (χ1) is 14.6. The Labute approximate surface area is 178 Å². The van der Waals surface area contributed by atoms with Crippen LogP contribution in [0.4, 0.5) is 5.13 Å². The summed E-state index contributed by atoms with van der Waals surface area (Å²) in [4.78, 5) is 23.4. The van der Waals surface area contributed by atoms with E-state index < -0.39 is 5.97 Å². The molecule has 0 bridgehead atoms. The van der Waals surface area contributed by atoms with Crippen LogP contribution in [0.3, 0.4) is 0 Å². The molecule has 0 spiro atoms. The number of hydrogen-bond donors (Lipinski definition) is 1. The number of pyridine rings is 1. The molecular weight excluding hydrogens is 398 g/mol. The summed E-state index contributed by atoms with van der Waals surface area (Å²) in [6.07, 6.45) is 2.62. The fraction of sp³-hybridized carbons (Fsp3) is 0.174. The highest BCUT2D eigenvalue weighted by molar-refractivity contribution is 7.21. The molecule has 1 N–H and O–H groups in total. The molecule has 0 saturated heterocycles. The third-order valence-electron chi connectivity index (χ3n) is 4.83. The molecule has 0 radical (unpaired) electrons. The second-order valence-electron chi connectivity index (χ2n) is 6.85. The first kappa shape index (κ1) is 19.8. The number of nitrogens with zero attached hydrogens (tertiary/aromatic N) is 3. The lowest BCUT2D eigenvalue weighted by molar-refractivity contribution is 0.0697. The molecular formula is C23H21N3O3S. The van der Waals surface area contributed by atoms with E-state index in [1.54, 1.807) is 36.8 Å². The van der Waals surface area contributed by atoms with Crippen LogP contribution >= 0.6 is 11.3 Å². The zero-order valence-corrected chi connectivity index (χ0v) is 17.3. The van der Waals surface area contributed by atoms with Crippen LogP contribution in [0.1, 0.15) is 21.5 Å². The Morgan fingerprint density at radius 2 is 1.80 bits per heavy atom. The standard InChI is InChI=1S/C23H21N3O3S/c1-29-19-10-6-16(7-11-19)12-14-26(15-17-4-8-18(9-5-17)22(27)28)23-25-20-3-2-13-24-21(20)30-23/h2-11,13H,12,14-15H2,1H3,(H,27,28). The molecule has 0 aliphatic carbocycles. The number of anilines is 1. The fourth-order valence-electron chi connectivity index (χ4n) is 3.17. The van der Waals surface area contributed by atoms with Crippen molar-refractivity contribution in [3.8, 4) is 5.75 Å². The Bertz CT molecular complexity index is 1110. The van der Waals surface area contributed by atoms with Crippen molar-refractivity contribution in [1.82, 2.24) is 9.97 Å². The first-order valence-electron chi connectivity index (χ1n) is 9.54. The lowest BCUT2D eigenvalue weighted by atomic mass is 10.1. The highest BCUT2D eigenvalue weighted by Gasteiger charge is 2.14. The third kappa shape index (κ3) is 4.58. The van der Waals surface area contributed by atoms with E-state index in [1.807, 2.05) is 36.4 Å². The van der Waals surface area contributed by atoms with Gasteiger partial charge in [0.15, 0.2) is 5.13 Å². The van der Waals surface area contributed by atoms with E-state index in [-0.39, 0.29) is 5.56 Å². The molecule has 152 valence electrons. The molecule has 0 saturated carbocycles. The minimum atomic E-state index is -0.921. The number of carboxylic acids is 1. The Hall–Kier alpha value is -3.45. The number of aromatic nitrogens is 2. The lowest BCUT2D eigenvalue weighted by Crippen LogP contribution is -2.25. The number of methoxy groups -OCH3 is 1. The summed E-state index contributed by atoms with van der Waals surface area (Å²) in [5.74, 6) is -0.0819. The minimum Gasteiger partial charge on any atom is -0.497 e. The number of fused-ring (bicyclic) bond motifs is 1. The van der Waals surface area contributed by atoms with Gasteiger partial charge in [-0.05, 0) is 53.9 Å². The van der Waals surface area contributed by atoms with Crippen LogP contribution in [0.2, 0.25) is 0 Å². The Morgan fingerprint density at radius 3 is 2.47 bits per heavy atom. The van der Waals surface area contributed by atoms with Gasteiger partial charge in [-0.3, -0.25) is 0 Å². The molecule has 2 heterocycles. The van der Waals surface area contributed by atoms with E-state index in [1.165, 1.54) is 5.56 Å². The molecule has 7 heteroatoms. The van der Waals surface area contributed by atoms with Gasteiger partial charge < -0.3 is 14.7 Å². The summed E-state index contributed by atoms with van der Waals surface area (Å²) in [7, 11) is 1.66. The van der Waals surface area contributed by atoms with Crippen LogP contribution in [0.15, 0.2) is 66.9 Å². The van der Waals surface area contributed by atoms with Gasteiger partial charge in [-0.15, -0.1) is 0 Å². The van der Waals surface area contributed by atoms with E-state index in [0.717, 1.165) is 39.8 Å². The van der Waals surface area contributed by atoms with Crippen LogP contribution in [-0.2, 0) is 13.0 Å². The van der Waals surface area contributed by atoms with Gasteiger partial charge in [0.05, 0.1) is 12.7 Å². The molecule has 4 aromatic rings. The molecule has 0 aliphatic heterocycles. The van der Waals surface area contributed by atoms with E-state index in [0.29, 0.717) is 6.54 Å². The molecule has 2 aromatic carbocycles. The summed E-state index contributed by atoms with van der Waals surface area (Å²) in [6, 6.07) is 18.9. The zero-order valence-electron chi connectivity index (χ0n) is 16.5. The smallest absolute Gasteiger partial charge is 0.335 e. The van der Waals surface area contributed by atoms with Crippen molar-refractivity contribution < 1.29 is 14.6 Å². The SMILES string of the molecule is COc1ccc(CCN(Cc2ccc(C(=O)O)cc2)c2nc3cccnc3s2)cc1. The number of ether oxygens (including phenoxy) is 1. The second-order valence-corrected chi connectivity index (χ2v) is 7.80. The van der Waals surface area contributed by atoms with Crippen molar-refractivity contribution >= 4 is 32.8 Å². The highest BCUT2D eigenvalue weighted by Crippen LogP contribution is 2.28. The fourth-order valence-corrected chi connectivity index (χ4v) is 4.10. The van der Waals surface area contributed by atoms with Crippen molar-refractivity contribution in [2.45, 2.75) is 13.0 Å². The molecule has 0 amide bonds. The van der Waals surface area contributed by atoms with E-state index in [2.05, 4.69) is 22.0 Å². The summed E-state index contributed by atoms with van der Waals surface area (Å²) in [5, 5.41) is 10.0. The van der Waals surface area contributed by atoms with Gasteiger partial charge in [-0.1, -0.05) is 35.6 Å². The number of rotatable bonds is 8. The summed E-state index contributed by atoms with van der Waals surface area (Å²) >= 11 is 1.56. The van der Waals surface area contributed by atoms with Crippen LogP contribution in [-0.4, -0.2) is 34.7 Å². The maximum atomic E-state index is 11.1. The number of thiazole rings is 1. The number of hydrogen-bond acceptors (Lipinski definition) is 6. The number of carboxylic acid groups (broad SMARTS) is 1. The Kier molecular flexibility index (Phi) is 5.90. The molecule has 6 nitrogen and oxygen atoms in total. The number of benzene rings is 2. The Morgan fingerprint density at radius 1 is 1.07 bits per heavy atom. The van der Waals surface area contributed by atoms with Crippen LogP contribution < -0.4 is 9.64 Å². The summed E-state index contributed by atoms with van der Waals surface area (Å²) in [6.45, 7) is 1.41. The highest BCUT2D eigenvalue weighted by atomic mass is 32.1. The summed E-state index contributed by atoms with van der Waals surface area (Å²) in [5.41, 5.74) is 3.41. The van der Waals surface area contributed by atoms with Crippen LogP contribution in [0.5, 0.6) is 5.75 Å². The van der Waals surface area contributed by atoms with E-state index in [4.69, 9.17) is 14.8 Å². The topological polar surface area (TPSA) is 75.5 Å². The van der Waals surface area contributed by atoms with Gasteiger partial charge in [0.1, 0.15) is 16.1 Å². The molecule has 30 heavy (non-hydrogen) atoms. The predicted octanol–water partition coefficient (Wildman–Crippen LogP) is 4.65. The Balaban J connectivity index is 1.57. The zero-order chi connectivity index (χ0) is 20.9. The number of carbonyl (C=O) groups is 1. The van der Waals surface area contributed by atoms with Gasteiger partial charge in [0.2, 0.25) is 0 Å². The van der Waals surface area contributed by atoms with Gasteiger partial charge in [0, 0.05) is 19.3 Å². The van der Waals surface area contributed by atoms with Crippen molar-refractivity contribution in [3.05, 3.63) is 83.6 Å². The third-order valence-corrected chi connectivity index (χ3v) is 5.87. The molecule has 0 unspecified atom stereocenters. The van der Waals surface area contributed by atoms with Crippen LogP contribution in [0.25, 0.3) is 10.3 Å². The lowest BCUT2D eigenvalue weighted by Gasteiger charge is -2.22. The predicted molar refractivity (Wildman–Crippen MR) is 119 cm³/mol.